The van der Waals surface area contributed by atoms with Gasteiger partial charge in [-0.2, -0.15) is 5.10 Å². The lowest BCUT2D eigenvalue weighted by molar-refractivity contribution is -0.124. The number of rotatable bonds is 8. The summed E-state index contributed by atoms with van der Waals surface area (Å²) in [4.78, 5) is 24.5. The summed E-state index contributed by atoms with van der Waals surface area (Å²) in [5.41, 5.74) is 2.54. The van der Waals surface area contributed by atoms with Crippen molar-refractivity contribution in [3.63, 3.8) is 0 Å². The Labute approximate surface area is 179 Å². The fourth-order valence-electron chi connectivity index (χ4n) is 2.85. The Morgan fingerprint density at radius 2 is 1.93 bits per heavy atom. The minimum Gasteiger partial charge on any atom is -0.494 e. The first-order chi connectivity index (χ1) is 14.5. The molecule has 0 spiro atoms. The molecule has 0 aliphatic heterocycles. The molecule has 0 fully saturated rings. The standard InChI is InChI=1S/C21H23N5O3S/c1-3-29-17-9-7-16(8-10-17)23-18(27)12-22-19(28)13-26-20(24-25-21(26)30)15-6-4-5-14(2)11-15/h4-11H,3,12-13H2,1-2H3,(H,22,28)(H,23,27)(H,25,30). The van der Waals surface area contributed by atoms with Crippen molar-refractivity contribution < 1.29 is 14.3 Å². The number of aromatic amines is 1. The summed E-state index contributed by atoms with van der Waals surface area (Å²) in [6, 6.07) is 14.8. The lowest BCUT2D eigenvalue weighted by atomic mass is 10.1. The molecule has 0 atom stereocenters. The molecule has 3 rings (SSSR count). The highest BCUT2D eigenvalue weighted by atomic mass is 32.1. The molecular formula is C21H23N5O3S. The number of benzene rings is 2. The van der Waals surface area contributed by atoms with Crippen molar-refractivity contribution in [1.82, 2.24) is 20.1 Å². The summed E-state index contributed by atoms with van der Waals surface area (Å²) in [5, 5.41) is 12.3. The van der Waals surface area contributed by atoms with E-state index in [-0.39, 0.29) is 24.9 Å². The average molecular weight is 426 g/mol. The minimum atomic E-state index is -0.344. The number of aromatic nitrogens is 3. The molecule has 30 heavy (non-hydrogen) atoms. The van der Waals surface area contributed by atoms with Gasteiger partial charge in [0.05, 0.1) is 13.2 Å². The van der Waals surface area contributed by atoms with Gasteiger partial charge in [0.2, 0.25) is 11.8 Å². The van der Waals surface area contributed by atoms with Gasteiger partial charge in [0.1, 0.15) is 12.3 Å². The Kier molecular flexibility index (Phi) is 6.97. The number of anilines is 1. The van der Waals surface area contributed by atoms with E-state index >= 15 is 0 Å². The normalized spacial score (nSPS) is 10.5. The smallest absolute Gasteiger partial charge is 0.243 e. The van der Waals surface area contributed by atoms with Gasteiger partial charge in [-0.1, -0.05) is 23.8 Å². The van der Waals surface area contributed by atoms with E-state index in [2.05, 4.69) is 20.8 Å². The number of aryl methyl sites for hydroxylation is 1. The van der Waals surface area contributed by atoms with Gasteiger partial charge in [0.15, 0.2) is 10.6 Å². The molecule has 0 aliphatic carbocycles. The molecule has 156 valence electrons. The number of nitrogens with zero attached hydrogens (tertiary/aromatic N) is 2. The van der Waals surface area contributed by atoms with Crippen molar-refractivity contribution in [2.45, 2.75) is 20.4 Å². The van der Waals surface area contributed by atoms with E-state index in [1.54, 1.807) is 28.8 Å². The van der Waals surface area contributed by atoms with Crippen LogP contribution >= 0.6 is 12.2 Å². The highest BCUT2D eigenvalue weighted by molar-refractivity contribution is 7.71. The summed E-state index contributed by atoms with van der Waals surface area (Å²) in [5.74, 6) is 0.619. The van der Waals surface area contributed by atoms with Crippen LogP contribution in [0.2, 0.25) is 0 Å². The first-order valence-electron chi connectivity index (χ1n) is 9.48. The molecule has 1 heterocycles. The van der Waals surface area contributed by atoms with Crippen LogP contribution in [-0.2, 0) is 16.1 Å². The Hall–Kier alpha value is -3.46. The number of hydrogen-bond donors (Lipinski definition) is 3. The number of amides is 2. The topological polar surface area (TPSA) is 101 Å². The molecule has 0 bridgehead atoms. The number of hydrogen-bond acceptors (Lipinski definition) is 5. The summed E-state index contributed by atoms with van der Waals surface area (Å²) in [7, 11) is 0. The molecule has 0 radical (unpaired) electrons. The maximum absolute atomic E-state index is 12.4. The van der Waals surface area contributed by atoms with Crippen LogP contribution < -0.4 is 15.4 Å². The highest BCUT2D eigenvalue weighted by Gasteiger charge is 2.13. The van der Waals surface area contributed by atoms with Gasteiger partial charge in [-0.15, -0.1) is 0 Å². The van der Waals surface area contributed by atoms with E-state index in [0.29, 0.717) is 22.9 Å². The third kappa shape index (κ3) is 5.54. The van der Waals surface area contributed by atoms with E-state index in [9.17, 15) is 9.59 Å². The van der Waals surface area contributed by atoms with Crippen molar-refractivity contribution >= 4 is 29.7 Å². The lowest BCUT2D eigenvalue weighted by Crippen LogP contribution is -2.35. The Bertz CT molecular complexity index is 1090. The highest BCUT2D eigenvalue weighted by Crippen LogP contribution is 2.18. The van der Waals surface area contributed by atoms with E-state index in [1.807, 2.05) is 38.1 Å². The van der Waals surface area contributed by atoms with Gasteiger partial charge in [0.25, 0.3) is 0 Å². The van der Waals surface area contributed by atoms with Gasteiger partial charge in [-0.3, -0.25) is 19.3 Å². The molecule has 0 saturated heterocycles. The second kappa shape index (κ2) is 9.84. The number of nitrogens with one attached hydrogen (secondary N) is 3. The molecule has 8 nitrogen and oxygen atoms in total. The fourth-order valence-corrected chi connectivity index (χ4v) is 3.05. The number of H-pyrrole nitrogens is 1. The molecule has 2 aromatic carbocycles. The number of carbonyl (C=O) groups excluding carboxylic acids is 2. The second-order valence-corrected chi connectivity index (χ2v) is 6.98. The van der Waals surface area contributed by atoms with Crippen LogP contribution in [0.3, 0.4) is 0 Å². The van der Waals surface area contributed by atoms with Gasteiger partial charge in [-0.25, -0.2) is 0 Å². The van der Waals surface area contributed by atoms with Crippen molar-refractivity contribution in [3.8, 4) is 17.1 Å². The monoisotopic (exact) mass is 425 g/mol. The van der Waals surface area contributed by atoms with Gasteiger partial charge >= 0.3 is 0 Å². The molecule has 0 unspecified atom stereocenters. The first kappa shape index (κ1) is 21.3. The Morgan fingerprint density at radius 3 is 2.63 bits per heavy atom. The second-order valence-electron chi connectivity index (χ2n) is 6.59. The number of ether oxygens (including phenoxy) is 1. The van der Waals surface area contributed by atoms with Crippen molar-refractivity contribution in [3.05, 3.63) is 58.9 Å². The fraction of sp³-hybridized carbons (Fsp3) is 0.238. The third-order valence-corrected chi connectivity index (χ3v) is 4.54. The van der Waals surface area contributed by atoms with E-state index in [1.165, 1.54) is 0 Å². The molecule has 0 saturated carbocycles. The largest absolute Gasteiger partial charge is 0.494 e. The lowest BCUT2D eigenvalue weighted by Gasteiger charge is -2.10. The third-order valence-electron chi connectivity index (χ3n) is 4.23. The zero-order valence-electron chi connectivity index (χ0n) is 16.8. The maximum atomic E-state index is 12.4. The molecule has 9 heteroatoms. The SMILES string of the molecule is CCOc1ccc(NC(=O)CNC(=O)Cn2c(-c3cccc(C)c3)n[nH]c2=S)cc1. The summed E-state index contributed by atoms with van der Waals surface area (Å²) in [6.07, 6.45) is 0. The average Bonchev–Trinajstić information content (AvgIpc) is 3.08. The predicted molar refractivity (Wildman–Crippen MR) is 117 cm³/mol. The molecule has 1 aromatic heterocycles. The minimum absolute atomic E-state index is 0.0467. The maximum Gasteiger partial charge on any atom is 0.243 e. The first-order valence-corrected chi connectivity index (χ1v) is 9.88. The Morgan fingerprint density at radius 1 is 1.17 bits per heavy atom. The zero-order chi connectivity index (χ0) is 21.5. The van der Waals surface area contributed by atoms with Gasteiger partial charge in [0, 0.05) is 11.3 Å². The summed E-state index contributed by atoms with van der Waals surface area (Å²) in [6.45, 7) is 4.25. The van der Waals surface area contributed by atoms with E-state index in [0.717, 1.165) is 16.9 Å². The van der Waals surface area contributed by atoms with Crippen LogP contribution in [0.5, 0.6) is 5.75 Å². The van der Waals surface area contributed by atoms with E-state index in [4.69, 9.17) is 17.0 Å². The van der Waals surface area contributed by atoms with Gasteiger partial charge < -0.3 is 15.4 Å². The zero-order valence-corrected chi connectivity index (χ0v) is 17.6. The summed E-state index contributed by atoms with van der Waals surface area (Å²) >= 11 is 5.25. The molecule has 3 N–H and O–H groups in total. The van der Waals surface area contributed by atoms with Crippen LogP contribution in [-0.4, -0.2) is 39.7 Å². The molecule has 2 amide bonds. The molecule has 0 aliphatic rings. The van der Waals surface area contributed by atoms with Crippen LogP contribution in [0, 0.1) is 11.7 Å². The van der Waals surface area contributed by atoms with E-state index < -0.39 is 0 Å². The summed E-state index contributed by atoms with van der Waals surface area (Å²) < 4.78 is 7.30. The molecule has 3 aromatic rings. The van der Waals surface area contributed by atoms with Crippen LogP contribution in [0.4, 0.5) is 5.69 Å². The molecular weight excluding hydrogens is 402 g/mol. The van der Waals surface area contributed by atoms with Crippen LogP contribution in [0.25, 0.3) is 11.4 Å². The predicted octanol–water partition coefficient (Wildman–Crippen LogP) is 3.07. The Balaban J connectivity index is 1.57. The van der Waals surface area contributed by atoms with Crippen LogP contribution in [0.15, 0.2) is 48.5 Å². The van der Waals surface area contributed by atoms with Crippen molar-refractivity contribution in [1.29, 1.82) is 0 Å². The van der Waals surface area contributed by atoms with Crippen molar-refractivity contribution in [2.75, 3.05) is 18.5 Å². The van der Waals surface area contributed by atoms with Crippen molar-refractivity contribution in [2.24, 2.45) is 0 Å². The quantitative estimate of drug-likeness (QED) is 0.482. The number of carbonyl (C=O) groups is 2. The van der Waals surface area contributed by atoms with Crippen LogP contribution in [0.1, 0.15) is 12.5 Å². The van der Waals surface area contributed by atoms with Gasteiger partial charge in [-0.05, 0) is 56.4 Å².